The highest BCUT2D eigenvalue weighted by molar-refractivity contribution is 7.92. The highest BCUT2D eigenvalue weighted by atomic mass is 35.5. The van der Waals surface area contributed by atoms with E-state index >= 15 is 0 Å². The summed E-state index contributed by atoms with van der Waals surface area (Å²) in [5.41, 5.74) is 3.07. The highest BCUT2D eigenvalue weighted by Gasteiger charge is 2.19. The summed E-state index contributed by atoms with van der Waals surface area (Å²) in [4.78, 5) is 3.80. The lowest BCUT2D eigenvalue weighted by Crippen LogP contribution is -2.14. The Balaban J connectivity index is 1.93. The van der Waals surface area contributed by atoms with Gasteiger partial charge in [0.1, 0.15) is 4.90 Å². The standard InChI is InChI=1S/C14H13ClN2O2S/c15-13-6-7-16-9-14(13)20(18,19)17-12-5-4-10-2-1-3-11(10)8-12/h4-9,17H,1-3H2. The van der Waals surface area contributed by atoms with Crippen molar-refractivity contribution >= 4 is 27.3 Å². The molecule has 0 aliphatic heterocycles. The summed E-state index contributed by atoms with van der Waals surface area (Å²) in [7, 11) is -3.71. The predicted molar refractivity (Wildman–Crippen MR) is 78.5 cm³/mol. The van der Waals surface area contributed by atoms with E-state index in [9.17, 15) is 8.42 Å². The fourth-order valence-electron chi connectivity index (χ4n) is 2.41. The molecule has 0 bridgehead atoms. The van der Waals surface area contributed by atoms with Gasteiger partial charge in [0, 0.05) is 18.1 Å². The van der Waals surface area contributed by atoms with Gasteiger partial charge in [-0.3, -0.25) is 9.71 Å². The quantitative estimate of drug-likeness (QED) is 0.948. The minimum absolute atomic E-state index is 0.0119. The monoisotopic (exact) mass is 308 g/mol. The van der Waals surface area contributed by atoms with Gasteiger partial charge in [-0.25, -0.2) is 8.42 Å². The zero-order valence-corrected chi connectivity index (χ0v) is 12.2. The first kappa shape index (κ1) is 13.4. The van der Waals surface area contributed by atoms with Crippen molar-refractivity contribution < 1.29 is 8.42 Å². The maximum Gasteiger partial charge on any atom is 0.264 e. The van der Waals surface area contributed by atoms with Crippen LogP contribution in [0.25, 0.3) is 0 Å². The number of halogens is 1. The Hall–Kier alpha value is -1.59. The summed E-state index contributed by atoms with van der Waals surface area (Å²) < 4.78 is 27.1. The molecule has 6 heteroatoms. The summed E-state index contributed by atoms with van der Waals surface area (Å²) in [5, 5.41) is 0.161. The van der Waals surface area contributed by atoms with E-state index in [-0.39, 0.29) is 9.92 Å². The molecule has 0 unspecified atom stereocenters. The third kappa shape index (κ3) is 2.51. The normalized spacial score (nSPS) is 14.1. The van der Waals surface area contributed by atoms with Gasteiger partial charge in [-0.2, -0.15) is 0 Å². The first-order valence-corrected chi connectivity index (χ1v) is 8.16. The van der Waals surface area contributed by atoms with Crippen molar-refractivity contribution in [1.29, 1.82) is 0 Å². The van der Waals surface area contributed by atoms with Crippen molar-refractivity contribution in [2.45, 2.75) is 24.2 Å². The first-order valence-electron chi connectivity index (χ1n) is 6.30. The predicted octanol–water partition coefficient (Wildman–Crippen LogP) is 3.02. The maximum absolute atomic E-state index is 12.3. The molecule has 4 nitrogen and oxygen atoms in total. The van der Waals surface area contributed by atoms with E-state index in [1.165, 1.54) is 29.6 Å². The molecule has 1 heterocycles. The molecule has 1 aliphatic carbocycles. The summed E-state index contributed by atoms with van der Waals surface area (Å²) in [6.45, 7) is 0. The first-order chi connectivity index (χ1) is 9.56. The molecule has 3 rings (SSSR count). The van der Waals surface area contributed by atoms with Crippen LogP contribution in [0.1, 0.15) is 17.5 Å². The van der Waals surface area contributed by atoms with Crippen LogP contribution in [0.15, 0.2) is 41.6 Å². The van der Waals surface area contributed by atoms with Crippen LogP contribution in [0, 0.1) is 0 Å². The van der Waals surface area contributed by atoms with Gasteiger partial charge < -0.3 is 0 Å². The van der Waals surface area contributed by atoms with E-state index in [4.69, 9.17) is 11.6 Å². The van der Waals surface area contributed by atoms with Gasteiger partial charge in [-0.1, -0.05) is 17.7 Å². The SMILES string of the molecule is O=S(=O)(Nc1ccc2c(c1)CCC2)c1cnccc1Cl. The number of nitrogens with zero attached hydrogens (tertiary/aromatic N) is 1. The molecule has 0 amide bonds. The van der Waals surface area contributed by atoms with Crippen molar-refractivity contribution in [1.82, 2.24) is 4.98 Å². The van der Waals surface area contributed by atoms with E-state index in [0.717, 1.165) is 19.3 Å². The van der Waals surface area contributed by atoms with E-state index in [1.807, 2.05) is 12.1 Å². The number of aromatic nitrogens is 1. The van der Waals surface area contributed by atoms with Crippen molar-refractivity contribution in [3.05, 3.63) is 52.8 Å². The minimum Gasteiger partial charge on any atom is -0.280 e. The van der Waals surface area contributed by atoms with Crippen LogP contribution in [-0.4, -0.2) is 13.4 Å². The molecule has 104 valence electrons. The lowest BCUT2D eigenvalue weighted by molar-refractivity contribution is 0.601. The number of rotatable bonds is 3. The zero-order valence-electron chi connectivity index (χ0n) is 10.6. The van der Waals surface area contributed by atoms with Crippen LogP contribution in [0.5, 0.6) is 0 Å². The zero-order chi connectivity index (χ0) is 14.2. The highest BCUT2D eigenvalue weighted by Crippen LogP contribution is 2.27. The number of pyridine rings is 1. The third-order valence-electron chi connectivity index (χ3n) is 3.37. The molecule has 2 aromatic rings. The second-order valence-electron chi connectivity index (χ2n) is 4.75. The number of anilines is 1. The van der Waals surface area contributed by atoms with Gasteiger partial charge >= 0.3 is 0 Å². The molecule has 20 heavy (non-hydrogen) atoms. The molecule has 0 saturated carbocycles. The summed E-state index contributed by atoms with van der Waals surface area (Å²) in [5.74, 6) is 0. The summed E-state index contributed by atoms with van der Waals surface area (Å²) >= 11 is 5.91. The minimum atomic E-state index is -3.71. The maximum atomic E-state index is 12.3. The fourth-order valence-corrected chi connectivity index (χ4v) is 3.89. The smallest absolute Gasteiger partial charge is 0.264 e. The average Bonchev–Trinajstić information content (AvgIpc) is 2.86. The Kier molecular flexibility index (Phi) is 3.40. The Bertz CT molecular complexity index is 760. The van der Waals surface area contributed by atoms with Crippen LogP contribution in [0.4, 0.5) is 5.69 Å². The topological polar surface area (TPSA) is 59.1 Å². The largest absolute Gasteiger partial charge is 0.280 e. The van der Waals surface area contributed by atoms with Crippen molar-refractivity contribution in [2.24, 2.45) is 0 Å². The second-order valence-corrected chi connectivity index (χ2v) is 6.81. The van der Waals surface area contributed by atoms with Gasteiger partial charge in [0.2, 0.25) is 0 Å². The van der Waals surface area contributed by atoms with E-state index in [0.29, 0.717) is 5.69 Å². The third-order valence-corrected chi connectivity index (χ3v) is 5.22. The second kappa shape index (κ2) is 5.07. The summed E-state index contributed by atoms with van der Waals surface area (Å²) in [6, 6.07) is 7.11. The molecule has 0 atom stereocenters. The number of sulfonamides is 1. The van der Waals surface area contributed by atoms with Gasteiger partial charge in [0.25, 0.3) is 10.0 Å². The van der Waals surface area contributed by atoms with Crippen LogP contribution in [0.2, 0.25) is 5.02 Å². The number of hydrogen-bond acceptors (Lipinski definition) is 3. The lowest BCUT2D eigenvalue weighted by atomic mass is 10.1. The Morgan fingerprint density at radius 1 is 1.15 bits per heavy atom. The van der Waals surface area contributed by atoms with Gasteiger partial charge in [-0.05, 0) is 48.6 Å². The molecule has 0 saturated heterocycles. The van der Waals surface area contributed by atoms with E-state index in [1.54, 1.807) is 6.07 Å². The van der Waals surface area contributed by atoms with E-state index < -0.39 is 10.0 Å². The Morgan fingerprint density at radius 3 is 2.75 bits per heavy atom. The van der Waals surface area contributed by atoms with Gasteiger partial charge in [0.15, 0.2) is 0 Å². The molecule has 0 fully saturated rings. The average molecular weight is 309 g/mol. The van der Waals surface area contributed by atoms with E-state index in [2.05, 4.69) is 9.71 Å². The van der Waals surface area contributed by atoms with Gasteiger partial charge in [-0.15, -0.1) is 0 Å². The fraction of sp³-hybridized carbons (Fsp3) is 0.214. The van der Waals surface area contributed by atoms with Crippen LogP contribution in [0.3, 0.4) is 0 Å². The number of fused-ring (bicyclic) bond motifs is 1. The van der Waals surface area contributed by atoms with Crippen molar-refractivity contribution in [2.75, 3.05) is 4.72 Å². The molecular formula is C14H13ClN2O2S. The molecular weight excluding hydrogens is 296 g/mol. The Labute approximate surface area is 122 Å². The van der Waals surface area contributed by atoms with Crippen LogP contribution in [-0.2, 0) is 22.9 Å². The molecule has 1 aliphatic rings. The lowest BCUT2D eigenvalue weighted by Gasteiger charge is -2.10. The van der Waals surface area contributed by atoms with Gasteiger partial charge in [0.05, 0.1) is 5.02 Å². The Morgan fingerprint density at radius 2 is 1.95 bits per heavy atom. The van der Waals surface area contributed by atoms with Crippen LogP contribution < -0.4 is 4.72 Å². The molecule has 1 aromatic heterocycles. The van der Waals surface area contributed by atoms with Crippen LogP contribution >= 0.6 is 11.6 Å². The number of aryl methyl sites for hydroxylation is 2. The number of hydrogen-bond donors (Lipinski definition) is 1. The molecule has 1 aromatic carbocycles. The summed E-state index contributed by atoms with van der Waals surface area (Å²) in [6.07, 6.45) is 5.89. The van der Waals surface area contributed by atoms with Crippen molar-refractivity contribution in [3.8, 4) is 0 Å². The number of benzene rings is 1. The van der Waals surface area contributed by atoms with Crippen molar-refractivity contribution in [3.63, 3.8) is 0 Å². The molecule has 0 radical (unpaired) electrons. The number of nitrogens with one attached hydrogen (secondary N) is 1. The molecule has 0 spiro atoms. The molecule has 1 N–H and O–H groups in total.